The number of nitrogens with zero attached hydrogens (tertiary/aromatic N) is 2. The van der Waals surface area contributed by atoms with Crippen molar-refractivity contribution in [2.75, 3.05) is 33.2 Å². The van der Waals surface area contributed by atoms with Gasteiger partial charge in [-0.15, -0.1) is 0 Å². The number of halogens is 1. The van der Waals surface area contributed by atoms with Crippen molar-refractivity contribution in [3.8, 4) is 0 Å². The lowest BCUT2D eigenvalue weighted by Gasteiger charge is -2.32. The molecule has 1 aromatic rings. The molecule has 0 atom stereocenters. The van der Waals surface area contributed by atoms with E-state index in [1.54, 1.807) is 24.3 Å². The molecular weight excluding hydrogens is 238 g/mol. The Morgan fingerprint density at radius 3 is 2.65 bits per heavy atom. The van der Waals surface area contributed by atoms with Gasteiger partial charge in [0.05, 0.1) is 0 Å². The highest BCUT2D eigenvalue weighted by atomic mass is 35.5. The molecule has 92 valence electrons. The van der Waals surface area contributed by atoms with Gasteiger partial charge in [-0.3, -0.25) is 10.2 Å². The lowest BCUT2D eigenvalue weighted by atomic mass is 10.2. The van der Waals surface area contributed by atoms with Gasteiger partial charge in [0.15, 0.2) is 0 Å². The number of hydrazine groups is 1. The van der Waals surface area contributed by atoms with Gasteiger partial charge in [-0.2, -0.15) is 0 Å². The molecule has 1 heterocycles. The minimum absolute atomic E-state index is 0.1000. The first-order valence-corrected chi connectivity index (χ1v) is 6.03. The van der Waals surface area contributed by atoms with Crippen molar-refractivity contribution in [1.82, 2.24) is 15.3 Å². The summed E-state index contributed by atoms with van der Waals surface area (Å²) in [7, 11) is 2.08. The summed E-state index contributed by atoms with van der Waals surface area (Å²) >= 11 is 5.85. The Hall–Kier alpha value is -1.10. The van der Waals surface area contributed by atoms with Crippen LogP contribution in [-0.2, 0) is 0 Å². The van der Waals surface area contributed by atoms with E-state index in [-0.39, 0.29) is 5.91 Å². The van der Waals surface area contributed by atoms with Gasteiger partial charge < -0.3 is 4.90 Å². The van der Waals surface area contributed by atoms with Crippen LogP contribution in [0.2, 0.25) is 5.02 Å². The van der Waals surface area contributed by atoms with Gasteiger partial charge in [-0.1, -0.05) is 17.7 Å². The summed E-state index contributed by atoms with van der Waals surface area (Å²) in [4.78, 5) is 14.2. The van der Waals surface area contributed by atoms with E-state index in [0.29, 0.717) is 10.6 Å². The molecule has 1 N–H and O–H groups in total. The Kier molecular flexibility index (Phi) is 3.99. The van der Waals surface area contributed by atoms with Crippen LogP contribution < -0.4 is 5.43 Å². The van der Waals surface area contributed by atoms with Gasteiger partial charge in [0.25, 0.3) is 5.91 Å². The van der Waals surface area contributed by atoms with Crippen LogP contribution >= 0.6 is 11.6 Å². The summed E-state index contributed by atoms with van der Waals surface area (Å²) in [6, 6.07) is 6.97. The topological polar surface area (TPSA) is 35.6 Å². The molecule has 0 saturated carbocycles. The summed E-state index contributed by atoms with van der Waals surface area (Å²) in [5.41, 5.74) is 3.49. The standard InChI is InChI=1S/C12H16ClN3O/c1-15-5-7-16(8-6-15)14-12(17)10-3-2-4-11(13)9-10/h2-4,9H,5-8H2,1H3,(H,14,17). The SMILES string of the molecule is CN1CCN(NC(=O)c2cccc(Cl)c2)CC1. The normalized spacial score (nSPS) is 18.0. The van der Waals surface area contributed by atoms with E-state index in [9.17, 15) is 4.79 Å². The second kappa shape index (κ2) is 5.49. The molecule has 4 nitrogen and oxygen atoms in total. The van der Waals surface area contributed by atoms with Gasteiger partial charge in [-0.25, -0.2) is 5.01 Å². The predicted molar refractivity (Wildman–Crippen MR) is 68.0 cm³/mol. The fraction of sp³-hybridized carbons (Fsp3) is 0.417. The Labute approximate surface area is 106 Å². The van der Waals surface area contributed by atoms with Crippen LogP contribution in [-0.4, -0.2) is 49.0 Å². The lowest BCUT2D eigenvalue weighted by molar-refractivity contribution is 0.0662. The van der Waals surface area contributed by atoms with E-state index in [4.69, 9.17) is 11.6 Å². The monoisotopic (exact) mass is 253 g/mol. The van der Waals surface area contributed by atoms with Crippen molar-refractivity contribution >= 4 is 17.5 Å². The number of hydrogen-bond donors (Lipinski definition) is 1. The Balaban J connectivity index is 1.93. The highest BCUT2D eigenvalue weighted by Crippen LogP contribution is 2.10. The zero-order valence-electron chi connectivity index (χ0n) is 9.82. The third-order valence-electron chi connectivity index (χ3n) is 2.85. The number of hydrogen-bond acceptors (Lipinski definition) is 3. The Bertz CT molecular complexity index is 402. The van der Waals surface area contributed by atoms with Crippen LogP contribution in [0, 0.1) is 0 Å². The number of likely N-dealkylation sites (N-methyl/N-ethyl adjacent to an activating group) is 1. The molecule has 0 bridgehead atoms. The van der Waals surface area contributed by atoms with Crippen LogP contribution in [0.15, 0.2) is 24.3 Å². The van der Waals surface area contributed by atoms with Gasteiger partial charge in [0, 0.05) is 36.8 Å². The Morgan fingerprint density at radius 1 is 1.29 bits per heavy atom. The van der Waals surface area contributed by atoms with Crippen LogP contribution in [0.4, 0.5) is 0 Å². The maximum atomic E-state index is 11.9. The molecule has 0 aromatic heterocycles. The maximum absolute atomic E-state index is 11.9. The zero-order valence-corrected chi connectivity index (χ0v) is 10.6. The molecule has 0 radical (unpaired) electrons. The number of piperazine rings is 1. The molecule has 0 unspecified atom stereocenters. The molecule has 1 aliphatic heterocycles. The smallest absolute Gasteiger partial charge is 0.265 e. The molecule has 0 spiro atoms. The van der Waals surface area contributed by atoms with Crippen molar-refractivity contribution < 1.29 is 4.79 Å². The second-order valence-electron chi connectivity index (χ2n) is 4.24. The van der Waals surface area contributed by atoms with Gasteiger partial charge in [0.1, 0.15) is 0 Å². The first kappa shape index (κ1) is 12.4. The molecule has 5 heteroatoms. The average Bonchev–Trinajstić information content (AvgIpc) is 2.32. The third-order valence-corrected chi connectivity index (χ3v) is 3.08. The number of amides is 1. The lowest BCUT2D eigenvalue weighted by Crippen LogP contribution is -2.52. The second-order valence-corrected chi connectivity index (χ2v) is 4.68. The zero-order chi connectivity index (χ0) is 12.3. The van der Waals surface area contributed by atoms with E-state index in [0.717, 1.165) is 26.2 Å². The van der Waals surface area contributed by atoms with Gasteiger partial charge in [0.2, 0.25) is 0 Å². The van der Waals surface area contributed by atoms with E-state index in [2.05, 4.69) is 17.4 Å². The number of rotatable bonds is 2. The van der Waals surface area contributed by atoms with Crippen LogP contribution in [0.1, 0.15) is 10.4 Å². The van der Waals surface area contributed by atoms with Crippen LogP contribution in [0.5, 0.6) is 0 Å². The number of carbonyl (C=O) groups is 1. The maximum Gasteiger partial charge on any atom is 0.265 e. The summed E-state index contributed by atoms with van der Waals surface area (Å²) in [5, 5.41) is 2.53. The molecule has 0 aliphatic carbocycles. The molecule has 1 aliphatic rings. The minimum atomic E-state index is -0.1000. The summed E-state index contributed by atoms with van der Waals surface area (Å²) in [6.45, 7) is 3.64. The molecule has 1 amide bonds. The third kappa shape index (κ3) is 3.43. The van der Waals surface area contributed by atoms with Crippen molar-refractivity contribution in [3.05, 3.63) is 34.9 Å². The van der Waals surface area contributed by atoms with Crippen LogP contribution in [0.25, 0.3) is 0 Å². The van der Waals surface area contributed by atoms with Crippen molar-refractivity contribution in [2.45, 2.75) is 0 Å². The Morgan fingerprint density at radius 2 is 2.00 bits per heavy atom. The molecule has 2 rings (SSSR count). The number of nitrogens with one attached hydrogen (secondary N) is 1. The molecular formula is C12H16ClN3O. The quantitative estimate of drug-likeness (QED) is 0.861. The molecule has 1 saturated heterocycles. The number of carbonyl (C=O) groups excluding carboxylic acids is 1. The predicted octanol–water partition coefficient (Wildman–Crippen LogP) is 1.23. The first-order valence-electron chi connectivity index (χ1n) is 5.65. The van der Waals surface area contributed by atoms with Gasteiger partial charge in [-0.05, 0) is 25.2 Å². The van der Waals surface area contributed by atoms with Crippen molar-refractivity contribution in [2.24, 2.45) is 0 Å². The highest BCUT2D eigenvalue weighted by Gasteiger charge is 2.16. The average molecular weight is 254 g/mol. The molecule has 17 heavy (non-hydrogen) atoms. The van der Waals surface area contributed by atoms with E-state index >= 15 is 0 Å². The summed E-state index contributed by atoms with van der Waals surface area (Å²) < 4.78 is 0. The molecule has 1 fully saturated rings. The first-order chi connectivity index (χ1) is 8.15. The summed E-state index contributed by atoms with van der Waals surface area (Å²) in [6.07, 6.45) is 0. The van der Waals surface area contributed by atoms with Crippen molar-refractivity contribution in [3.63, 3.8) is 0 Å². The fourth-order valence-electron chi connectivity index (χ4n) is 1.76. The van der Waals surface area contributed by atoms with E-state index < -0.39 is 0 Å². The number of benzene rings is 1. The highest BCUT2D eigenvalue weighted by molar-refractivity contribution is 6.30. The minimum Gasteiger partial charge on any atom is -0.304 e. The van der Waals surface area contributed by atoms with E-state index in [1.807, 2.05) is 5.01 Å². The van der Waals surface area contributed by atoms with Gasteiger partial charge >= 0.3 is 0 Å². The summed E-state index contributed by atoms with van der Waals surface area (Å²) in [5.74, 6) is -0.1000. The van der Waals surface area contributed by atoms with Crippen molar-refractivity contribution in [1.29, 1.82) is 0 Å². The molecule has 1 aromatic carbocycles. The van der Waals surface area contributed by atoms with Crippen LogP contribution in [0.3, 0.4) is 0 Å². The van der Waals surface area contributed by atoms with E-state index in [1.165, 1.54) is 0 Å². The fourth-order valence-corrected chi connectivity index (χ4v) is 1.95. The largest absolute Gasteiger partial charge is 0.304 e.